The molecule has 62 valence electrons. The molecular weight excluding hydrogens is 156 g/mol. The summed E-state index contributed by atoms with van der Waals surface area (Å²) in [4.78, 5) is 7.95. The first kappa shape index (κ1) is 6.86. The van der Waals surface area contributed by atoms with Crippen LogP contribution in [0.15, 0.2) is 18.6 Å². The predicted octanol–water partition coefficient (Wildman–Crippen LogP) is -0.403. The molecule has 0 fully saturated rings. The van der Waals surface area contributed by atoms with Crippen molar-refractivity contribution in [3.8, 4) is 0 Å². The quantitative estimate of drug-likeness (QED) is 0.393. The SMILES string of the molecule is NNc1cn2ccnc2c(N)n1. The van der Waals surface area contributed by atoms with Gasteiger partial charge in [0.2, 0.25) is 0 Å². The zero-order valence-corrected chi connectivity index (χ0v) is 6.23. The molecule has 2 aromatic rings. The van der Waals surface area contributed by atoms with E-state index in [2.05, 4.69) is 15.4 Å². The van der Waals surface area contributed by atoms with Crippen LogP contribution in [0.25, 0.3) is 5.65 Å². The van der Waals surface area contributed by atoms with Gasteiger partial charge in [-0.05, 0) is 0 Å². The first-order chi connectivity index (χ1) is 5.81. The van der Waals surface area contributed by atoms with E-state index in [-0.39, 0.29) is 0 Å². The molecule has 6 nitrogen and oxygen atoms in total. The number of aromatic nitrogens is 3. The third-order valence-corrected chi connectivity index (χ3v) is 1.55. The molecule has 0 bridgehead atoms. The van der Waals surface area contributed by atoms with E-state index in [1.54, 1.807) is 23.0 Å². The molecule has 0 saturated heterocycles. The van der Waals surface area contributed by atoms with Gasteiger partial charge in [0.1, 0.15) is 0 Å². The Morgan fingerprint density at radius 1 is 1.50 bits per heavy atom. The van der Waals surface area contributed by atoms with Gasteiger partial charge in [-0.1, -0.05) is 0 Å². The molecule has 0 amide bonds. The maximum atomic E-state index is 5.59. The van der Waals surface area contributed by atoms with Crippen molar-refractivity contribution < 1.29 is 0 Å². The summed E-state index contributed by atoms with van der Waals surface area (Å²) in [6.07, 6.45) is 5.13. The fraction of sp³-hybridized carbons (Fsp3) is 0. The van der Waals surface area contributed by atoms with Crippen LogP contribution in [0.5, 0.6) is 0 Å². The number of nitrogen functional groups attached to an aromatic ring is 2. The third-order valence-electron chi connectivity index (χ3n) is 1.55. The minimum atomic E-state index is 0.357. The predicted molar refractivity (Wildman–Crippen MR) is 45.2 cm³/mol. The smallest absolute Gasteiger partial charge is 0.179 e. The summed E-state index contributed by atoms with van der Waals surface area (Å²) < 4.78 is 1.75. The molecule has 0 aliphatic carbocycles. The zero-order chi connectivity index (χ0) is 8.55. The third kappa shape index (κ3) is 0.857. The van der Waals surface area contributed by atoms with Gasteiger partial charge in [0.25, 0.3) is 0 Å². The summed E-state index contributed by atoms with van der Waals surface area (Å²) >= 11 is 0. The fourth-order valence-corrected chi connectivity index (χ4v) is 1.03. The molecule has 0 atom stereocenters. The Bertz CT molecular complexity index is 405. The van der Waals surface area contributed by atoms with Crippen molar-refractivity contribution in [1.82, 2.24) is 14.4 Å². The van der Waals surface area contributed by atoms with Gasteiger partial charge in [0.05, 0.1) is 6.20 Å². The van der Waals surface area contributed by atoms with Gasteiger partial charge < -0.3 is 15.6 Å². The van der Waals surface area contributed by atoms with Crippen LogP contribution in [0.1, 0.15) is 0 Å². The van der Waals surface area contributed by atoms with Crippen LogP contribution in [0, 0.1) is 0 Å². The van der Waals surface area contributed by atoms with Gasteiger partial charge in [-0.2, -0.15) is 0 Å². The van der Waals surface area contributed by atoms with Gasteiger partial charge in [-0.25, -0.2) is 15.8 Å². The lowest BCUT2D eigenvalue weighted by molar-refractivity contribution is 1.11. The van der Waals surface area contributed by atoms with E-state index >= 15 is 0 Å². The van der Waals surface area contributed by atoms with Crippen molar-refractivity contribution >= 4 is 17.3 Å². The molecule has 6 heteroatoms. The number of hydrogen-bond acceptors (Lipinski definition) is 5. The molecule has 0 aromatic carbocycles. The van der Waals surface area contributed by atoms with Gasteiger partial charge in [0.15, 0.2) is 17.3 Å². The first-order valence-corrected chi connectivity index (χ1v) is 3.37. The van der Waals surface area contributed by atoms with Crippen LogP contribution < -0.4 is 17.0 Å². The van der Waals surface area contributed by atoms with Gasteiger partial charge in [-0.15, -0.1) is 0 Å². The molecule has 2 aromatic heterocycles. The number of anilines is 2. The lowest BCUT2D eigenvalue weighted by Gasteiger charge is -2.01. The Labute approximate surface area is 68.2 Å². The van der Waals surface area contributed by atoms with Gasteiger partial charge in [0, 0.05) is 12.4 Å². The number of rotatable bonds is 1. The van der Waals surface area contributed by atoms with Gasteiger partial charge >= 0.3 is 0 Å². The van der Waals surface area contributed by atoms with Crippen molar-refractivity contribution in [2.24, 2.45) is 5.84 Å². The number of nitrogens with zero attached hydrogens (tertiary/aromatic N) is 3. The van der Waals surface area contributed by atoms with Crippen molar-refractivity contribution in [3.63, 3.8) is 0 Å². The van der Waals surface area contributed by atoms with Crippen molar-refractivity contribution in [1.29, 1.82) is 0 Å². The summed E-state index contributed by atoms with van der Waals surface area (Å²) in [6.45, 7) is 0. The highest BCUT2D eigenvalue weighted by molar-refractivity contribution is 5.62. The number of nitrogens with two attached hydrogens (primary N) is 2. The number of nitrogens with one attached hydrogen (secondary N) is 1. The van der Waals surface area contributed by atoms with E-state index in [0.717, 1.165) is 0 Å². The van der Waals surface area contributed by atoms with Crippen LogP contribution in [0.4, 0.5) is 11.6 Å². The fourth-order valence-electron chi connectivity index (χ4n) is 1.03. The summed E-state index contributed by atoms with van der Waals surface area (Å²) in [6, 6.07) is 0. The molecule has 2 heterocycles. The summed E-state index contributed by atoms with van der Waals surface area (Å²) in [7, 11) is 0. The number of hydrogen-bond donors (Lipinski definition) is 3. The monoisotopic (exact) mass is 164 g/mol. The van der Waals surface area contributed by atoms with E-state index in [1.807, 2.05) is 0 Å². The van der Waals surface area contributed by atoms with Crippen LogP contribution in [-0.2, 0) is 0 Å². The standard InChI is InChI=1S/C6H8N6/c7-5-6-9-1-2-12(6)3-4(10-5)11-8/h1-3,11H,8H2,(H2,7,10). The molecule has 12 heavy (non-hydrogen) atoms. The second kappa shape index (κ2) is 2.35. The molecule has 5 N–H and O–H groups in total. The Hall–Kier alpha value is -1.82. The highest BCUT2D eigenvalue weighted by Gasteiger charge is 2.01. The zero-order valence-electron chi connectivity index (χ0n) is 6.23. The summed E-state index contributed by atoms with van der Waals surface area (Å²) in [5.74, 6) is 6.05. The highest BCUT2D eigenvalue weighted by Crippen LogP contribution is 2.11. The number of fused-ring (bicyclic) bond motifs is 1. The molecule has 0 aliphatic heterocycles. The van der Waals surface area contributed by atoms with E-state index in [9.17, 15) is 0 Å². The first-order valence-electron chi connectivity index (χ1n) is 3.37. The van der Waals surface area contributed by atoms with E-state index in [1.165, 1.54) is 0 Å². The van der Waals surface area contributed by atoms with Crippen molar-refractivity contribution in [2.45, 2.75) is 0 Å². The lowest BCUT2D eigenvalue weighted by Crippen LogP contribution is -2.10. The largest absolute Gasteiger partial charge is 0.381 e. The highest BCUT2D eigenvalue weighted by atomic mass is 15.3. The Morgan fingerprint density at radius 2 is 2.33 bits per heavy atom. The Morgan fingerprint density at radius 3 is 3.08 bits per heavy atom. The topological polar surface area (TPSA) is 94.3 Å². The number of hydrazine groups is 1. The maximum absolute atomic E-state index is 5.59. The maximum Gasteiger partial charge on any atom is 0.179 e. The average molecular weight is 164 g/mol. The second-order valence-corrected chi connectivity index (χ2v) is 2.31. The Balaban J connectivity index is 2.75. The lowest BCUT2D eigenvalue weighted by atomic mass is 10.6. The van der Waals surface area contributed by atoms with E-state index < -0.39 is 0 Å². The second-order valence-electron chi connectivity index (χ2n) is 2.31. The summed E-state index contributed by atoms with van der Waals surface area (Å²) in [5, 5.41) is 0. The molecule has 0 aliphatic rings. The molecule has 0 unspecified atom stereocenters. The van der Waals surface area contributed by atoms with Crippen LogP contribution in [0.3, 0.4) is 0 Å². The molecule has 0 radical (unpaired) electrons. The normalized spacial score (nSPS) is 10.4. The van der Waals surface area contributed by atoms with Gasteiger partial charge in [-0.3, -0.25) is 0 Å². The minimum absolute atomic E-state index is 0.357. The molecular formula is C6H8N6. The Kier molecular flexibility index (Phi) is 1.34. The average Bonchev–Trinajstić information content (AvgIpc) is 2.52. The minimum Gasteiger partial charge on any atom is -0.381 e. The van der Waals surface area contributed by atoms with Crippen molar-refractivity contribution in [2.75, 3.05) is 11.2 Å². The molecule has 0 spiro atoms. The summed E-state index contributed by atoms with van der Waals surface area (Å²) in [5.41, 5.74) is 8.63. The van der Waals surface area contributed by atoms with E-state index in [4.69, 9.17) is 11.6 Å². The van der Waals surface area contributed by atoms with E-state index in [0.29, 0.717) is 17.3 Å². The van der Waals surface area contributed by atoms with Crippen LogP contribution in [-0.4, -0.2) is 14.4 Å². The van der Waals surface area contributed by atoms with Crippen LogP contribution in [0.2, 0.25) is 0 Å². The molecule has 0 saturated carbocycles. The number of imidazole rings is 1. The van der Waals surface area contributed by atoms with Crippen LogP contribution >= 0.6 is 0 Å². The van der Waals surface area contributed by atoms with Crippen molar-refractivity contribution in [3.05, 3.63) is 18.6 Å². The molecule has 2 rings (SSSR count).